The van der Waals surface area contributed by atoms with Gasteiger partial charge in [0.25, 0.3) is 0 Å². The molecule has 0 radical (unpaired) electrons. The summed E-state index contributed by atoms with van der Waals surface area (Å²) < 4.78 is 5.59. The van der Waals surface area contributed by atoms with E-state index in [0.717, 1.165) is 13.2 Å². The van der Waals surface area contributed by atoms with Gasteiger partial charge in [0.15, 0.2) is 0 Å². The molecule has 3 heteroatoms. The summed E-state index contributed by atoms with van der Waals surface area (Å²) in [5.41, 5.74) is 3.75. The SMILES string of the molecule is CNN1CCC2(CCCOC2)CC1. The van der Waals surface area contributed by atoms with E-state index < -0.39 is 0 Å². The Morgan fingerprint density at radius 2 is 2.00 bits per heavy atom. The predicted molar refractivity (Wildman–Crippen MR) is 52.4 cm³/mol. The number of ether oxygens (including phenoxy) is 1. The van der Waals surface area contributed by atoms with E-state index in [2.05, 4.69) is 10.4 Å². The molecule has 0 amide bonds. The van der Waals surface area contributed by atoms with E-state index >= 15 is 0 Å². The fourth-order valence-electron chi connectivity index (χ4n) is 2.51. The number of hydrazine groups is 1. The lowest BCUT2D eigenvalue weighted by Crippen LogP contribution is -2.48. The minimum absolute atomic E-state index is 0.533. The summed E-state index contributed by atoms with van der Waals surface area (Å²) in [6.45, 7) is 4.35. The van der Waals surface area contributed by atoms with E-state index in [4.69, 9.17) is 4.74 Å². The average molecular weight is 184 g/mol. The molecule has 2 fully saturated rings. The van der Waals surface area contributed by atoms with Gasteiger partial charge in [-0.25, -0.2) is 5.01 Å². The third-order valence-electron chi connectivity index (χ3n) is 3.54. The van der Waals surface area contributed by atoms with Gasteiger partial charge in [0, 0.05) is 19.7 Å². The van der Waals surface area contributed by atoms with Crippen molar-refractivity contribution in [2.75, 3.05) is 33.4 Å². The smallest absolute Gasteiger partial charge is 0.0523 e. The first-order valence-electron chi connectivity index (χ1n) is 5.35. The Labute approximate surface area is 80.4 Å². The number of piperidine rings is 1. The van der Waals surface area contributed by atoms with Gasteiger partial charge in [0.1, 0.15) is 0 Å². The molecule has 2 aliphatic rings. The van der Waals surface area contributed by atoms with Gasteiger partial charge in [-0.05, 0) is 38.1 Å². The maximum Gasteiger partial charge on any atom is 0.0523 e. The minimum atomic E-state index is 0.533. The first-order valence-corrected chi connectivity index (χ1v) is 5.35. The molecule has 0 aromatic carbocycles. The second-order valence-corrected chi connectivity index (χ2v) is 4.37. The van der Waals surface area contributed by atoms with Crippen molar-refractivity contribution in [1.29, 1.82) is 0 Å². The highest BCUT2D eigenvalue weighted by molar-refractivity contribution is 4.86. The largest absolute Gasteiger partial charge is 0.381 e. The molecule has 0 aromatic rings. The summed E-state index contributed by atoms with van der Waals surface area (Å²) in [6.07, 6.45) is 5.24. The molecule has 0 saturated carbocycles. The van der Waals surface area contributed by atoms with Crippen molar-refractivity contribution < 1.29 is 4.74 Å². The van der Waals surface area contributed by atoms with Gasteiger partial charge >= 0.3 is 0 Å². The van der Waals surface area contributed by atoms with Crippen molar-refractivity contribution >= 4 is 0 Å². The molecule has 0 bridgehead atoms. The zero-order valence-electron chi connectivity index (χ0n) is 8.51. The number of nitrogens with zero attached hydrogens (tertiary/aromatic N) is 1. The Kier molecular flexibility index (Phi) is 2.86. The van der Waals surface area contributed by atoms with Gasteiger partial charge in [-0.15, -0.1) is 0 Å². The molecular formula is C10H20N2O. The lowest BCUT2D eigenvalue weighted by atomic mass is 9.75. The van der Waals surface area contributed by atoms with Crippen LogP contribution in [-0.2, 0) is 4.74 Å². The molecule has 13 heavy (non-hydrogen) atoms. The van der Waals surface area contributed by atoms with E-state index in [1.54, 1.807) is 0 Å². The van der Waals surface area contributed by atoms with Crippen LogP contribution in [0.4, 0.5) is 0 Å². The number of hydrogen-bond donors (Lipinski definition) is 1. The van der Waals surface area contributed by atoms with Crippen LogP contribution in [0.3, 0.4) is 0 Å². The quantitative estimate of drug-likeness (QED) is 0.658. The number of nitrogens with one attached hydrogen (secondary N) is 1. The normalized spacial score (nSPS) is 29.3. The van der Waals surface area contributed by atoms with Crippen LogP contribution in [0.25, 0.3) is 0 Å². The van der Waals surface area contributed by atoms with Crippen molar-refractivity contribution in [2.45, 2.75) is 25.7 Å². The van der Waals surface area contributed by atoms with Crippen molar-refractivity contribution in [3.05, 3.63) is 0 Å². The monoisotopic (exact) mass is 184 g/mol. The van der Waals surface area contributed by atoms with E-state index in [0.29, 0.717) is 5.41 Å². The van der Waals surface area contributed by atoms with Crippen LogP contribution in [-0.4, -0.2) is 38.4 Å². The Morgan fingerprint density at radius 3 is 2.54 bits per heavy atom. The predicted octanol–water partition coefficient (Wildman–Crippen LogP) is 1.01. The summed E-state index contributed by atoms with van der Waals surface area (Å²) in [5, 5.41) is 2.31. The van der Waals surface area contributed by atoms with Crippen LogP contribution in [0.2, 0.25) is 0 Å². The molecule has 2 rings (SSSR count). The van der Waals surface area contributed by atoms with Gasteiger partial charge in [0.2, 0.25) is 0 Å². The molecule has 1 spiro atoms. The highest BCUT2D eigenvalue weighted by Crippen LogP contribution is 2.38. The van der Waals surface area contributed by atoms with Crippen LogP contribution >= 0.6 is 0 Å². The fraction of sp³-hybridized carbons (Fsp3) is 1.00. The summed E-state index contributed by atoms with van der Waals surface area (Å²) in [4.78, 5) is 0. The van der Waals surface area contributed by atoms with E-state index in [-0.39, 0.29) is 0 Å². The molecule has 2 heterocycles. The van der Waals surface area contributed by atoms with Crippen molar-refractivity contribution in [3.8, 4) is 0 Å². The highest BCUT2D eigenvalue weighted by Gasteiger charge is 2.35. The zero-order chi connectivity index (χ0) is 9.15. The number of rotatable bonds is 1. The van der Waals surface area contributed by atoms with E-state index in [1.165, 1.54) is 38.8 Å². The summed E-state index contributed by atoms with van der Waals surface area (Å²) in [5.74, 6) is 0. The molecule has 76 valence electrons. The summed E-state index contributed by atoms with van der Waals surface area (Å²) >= 11 is 0. The molecule has 1 N–H and O–H groups in total. The van der Waals surface area contributed by atoms with Crippen molar-refractivity contribution in [1.82, 2.24) is 10.4 Å². The molecule has 2 aliphatic heterocycles. The first kappa shape index (κ1) is 9.44. The summed E-state index contributed by atoms with van der Waals surface area (Å²) in [7, 11) is 2.01. The second kappa shape index (κ2) is 3.95. The third kappa shape index (κ3) is 2.03. The lowest BCUT2D eigenvalue weighted by Gasteiger charge is -2.43. The van der Waals surface area contributed by atoms with Gasteiger partial charge in [-0.2, -0.15) is 0 Å². The Hall–Kier alpha value is -0.120. The zero-order valence-corrected chi connectivity index (χ0v) is 8.51. The molecule has 3 nitrogen and oxygen atoms in total. The van der Waals surface area contributed by atoms with Gasteiger partial charge in [0.05, 0.1) is 6.61 Å². The Bertz CT molecular complexity index is 156. The maximum absolute atomic E-state index is 5.59. The minimum Gasteiger partial charge on any atom is -0.381 e. The van der Waals surface area contributed by atoms with Crippen LogP contribution in [0.5, 0.6) is 0 Å². The maximum atomic E-state index is 5.59. The van der Waals surface area contributed by atoms with Crippen LogP contribution in [0.15, 0.2) is 0 Å². The topological polar surface area (TPSA) is 24.5 Å². The third-order valence-corrected chi connectivity index (χ3v) is 3.54. The van der Waals surface area contributed by atoms with Crippen LogP contribution < -0.4 is 5.43 Å². The fourth-order valence-corrected chi connectivity index (χ4v) is 2.51. The second-order valence-electron chi connectivity index (χ2n) is 4.37. The molecule has 0 aliphatic carbocycles. The first-order chi connectivity index (χ1) is 6.35. The van der Waals surface area contributed by atoms with E-state index in [1.807, 2.05) is 7.05 Å². The molecular weight excluding hydrogens is 164 g/mol. The molecule has 0 atom stereocenters. The highest BCUT2D eigenvalue weighted by atomic mass is 16.5. The Balaban J connectivity index is 1.87. The van der Waals surface area contributed by atoms with Gasteiger partial charge < -0.3 is 4.74 Å². The standard InChI is InChI=1S/C10H20N2O/c1-11-12-6-4-10(5-7-12)3-2-8-13-9-10/h11H,2-9H2,1H3. The van der Waals surface area contributed by atoms with Gasteiger partial charge in [-0.3, -0.25) is 5.43 Å². The number of hydrogen-bond acceptors (Lipinski definition) is 3. The van der Waals surface area contributed by atoms with Crippen LogP contribution in [0.1, 0.15) is 25.7 Å². The van der Waals surface area contributed by atoms with E-state index in [9.17, 15) is 0 Å². The van der Waals surface area contributed by atoms with Crippen molar-refractivity contribution in [2.24, 2.45) is 5.41 Å². The van der Waals surface area contributed by atoms with Crippen molar-refractivity contribution in [3.63, 3.8) is 0 Å². The average Bonchev–Trinajstić information content (AvgIpc) is 2.20. The van der Waals surface area contributed by atoms with Crippen LogP contribution in [0, 0.1) is 5.41 Å². The Morgan fingerprint density at radius 1 is 1.23 bits per heavy atom. The molecule has 2 saturated heterocycles. The van der Waals surface area contributed by atoms with Gasteiger partial charge in [-0.1, -0.05) is 0 Å². The summed E-state index contributed by atoms with van der Waals surface area (Å²) in [6, 6.07) is 0. The molecule has 0 aromatic heterocycles. The molecule has 0 unspecified atom stereocenters. The lowest BCUT2D eigenvalue weighted by molar-refractivity contribution is -0.0488.